The fraction of sp³-hybridized carbons (Fsp3) is 0.400. The molecule has 9 nitrogen and oxygen atoms in total. The van der Waals surface area contributed by atoms with E-state index in [0.29, 0.717) is 43.4 Å². The van der Waals surface area contributed by atoms with Gasteiger partial charge in [0.15, 0.2) is 0 Å². The van der Waals surface area contributed by atoms with Crippen LogP contribution in [0.4, 0.5) is 0 Å². The van der Waals surface area contributed by atoms with E-state index < -0.39 is 20.0 Å². The first-order chi connectivity index (χ1) is 14.7. The van der Waals surface area contributed by atoms with E-state index in [1.54, 1.807) is 25.1 Å². The SMILES string of the molecule is COc1ccc(S(=O)(=O)NCCOc2ccc(S(=O)(=O)N3CCOCC3)cc2)cc1C. The Morgan fingerprint density at radius 2 is 1.65 bits per heavy atom. The highest BCUT2D eigenvalue weighted by Crippen LogP contribution is 2.22. The number of ether oxygens (including phenoxy) is 3. The summed E-state index contributed by atoms with van der Waals surface area (Å²) in [4.78, 5) is 0.320. The van der Waals surface area contributed by atoms with Gasteiger partial charge >= 0.3 is 0 Å². The number of hydrogen-bond acceptors (Lipinski definition) is 7. The average Bonchev–Trinajstić information content (AvgIpc) is 2.77. The first kappa shape index (κ1) is 23.5. The number of sulfonamides is 2. The van der Waals surface area contributed by atoms with Crippen LogP contribution < -0.4 is 14.2 Å². The van der Waals surface area contributed by atoms with Crippen LogP contribution in [0.2, 0.25) is 0 Å². The van der Waals surface area contributed by atoms with E-state index >= 15 is 0 Å². The van der Waals surface area contributed by atoms with Crippen molar-refractivity contribution in [1.29, 1.82) is 0 Å². The molecule has 1 aliphatic heterocycles. The molecule has 1 fully saturated rings. The van der Waals surface area contributed by atoms with Crippen molar-refractivity contribution in [3.8, 4) is 11.5 Å². The molecule has 1 heterocycles. The van der Waals surface area contributed by atoms with Crippen LogP contribution >= 0.6 is 0 Å². The molecule has 170 valence electrons. The van der Waals surface area contributed by atoms with Gasteiger partial charge in [-0.05, 0) is 55.0 Å². The van der Waals surface area contributed by atoms with Crippen LogP contribution in [0.5, 0.6) is 11.5 Å². The van der Waals surface area contributed by atoms with Crippen LogP contribution in [0.15, 0.2) is 52.3 Å². The Hall–Kier alpha value is -2.18. The van der Waals surface area contributed by atoms with E-state index in [1.165, 1.54) is 35.7 Å². The van der Waals surface area contributed by atoms with Gasteiger partial charge in [-0.15, -0.1) is 0 Å². The average molecular weight is 471 g/mol. The number of benzene rings is 2. The Bertz CT molecular complexity index is 1090. The van der Waals surface area contributed by atoms with E-state index in [9.17, 15) is 16.8 Å². The number of nitrogens with zero attached hydrogens (tertiary/aromatic N) is 1. The van der Waals surface area contributed by atoms with Crippen LogP contribution in [-0.2, 0) is 24.8 Å². The predicted octanol–water partition coefficient (Wildman–Crippen LogP) is 1.38. The quantitative estimate of drug-likeness (QED) is 0.551. The molecule has 11 heteroatoms. The van der Waals surface area contributed by atoms with Gasteiger partial charge in [-0.3, -0.25) is 0 Å². The van der Waals surface area contributed by atoms with E-state index in [0.717, 1.165) is 0 Å². The number of nitrogens with one attached hydrogen (secondary N) is 1. The zero-order chi connectivity index (χ0) is 22.5. The number of rotatable bonds is 9. The second-order valence-corrected chi connectivity index (χ2v) is 10.6. The molecule has 1 saturated heterocycles. The Morgan fingerprint density at radius 1 is 1.00 bits per heavy atom. The minimum absolute atomic E-state index is 0.0568. The third-order valence-corrected chi connectivity index (χ3v) is 8.14. The van der Waals surface area contributed by atoms with Gasteiger partial charge < -0.3 is 14.2 Å². The maximum absolute atomic E-state index is 12.6. The molecular weight excluding hydrogens is 444 g/mol. The summed E-state index contributed by atoms with van der Waals surface area (Å²) in [5, 5.41) is 0. The van der Waals surface area contributed by atoms with Crippen molar-refractivity contribution in [3.63, 3.8) is 0 Å². The molecule has 31 heavy (non-hydrogen) atoms. The number of methoxy groups -OCH3 is 1. The lowest BCUT2D eigenvalue weighted by atomic mass is 10.2. The van der Waals surface area contributed by atoms with Crippen molar-refractivity contribution in [2.24, 2.45) is 0 Å². The van der Waals surface area contributed by atoms with Gasteiger partial charge in [-0.2, -0.15) is 4.31 Å². The third-order valence-electron chi connectivity index (χ3n) is 4.77. The molecule has 0 aliphatic carbocycles. The zero-order valence-electron chi connectivity index (χ0n) is 17.4. The molecule has 0 unspecified atom stereocenters. The maximum Gasteiger partial charge on any atom is 0.243 e. The number of aryl methyl sites for hydroxylation is 1. The molecule has 0 radical (unpaired) electrons. The van der Waals surface area contributed by atoms with Crippen molar-refractivity contribution in [1.82, 2.24) is 9.03 Å². The van der Waals surface area contributed by atoms with Gasteiger partial charge in [0.05, 0.1) is 30.1 Å². The molecule has 0 aromatic heterocycles. The van der Waals surface area contributed by atoms with E-state index in [4.69, 9.17) is 14.2 Å². The summed E-state index contributed by atoms with van der Waals surface area (Å²) in [6, 6.07) is 10.7. The van der Waals surface area contributed by atoms with Crippen LogP contribution in [0, 0.1) is 6.92 Å². The lowest BCUT2D eigenvalue weighted by Gasteiger charge is -2.26. The highest BCUT2D eigenvalue weighted by molar-refractivity contribution is 7.89. The van der Waals surface area contributed by atoms with Crippen molar-refractivity contribution in [3.05, 3.63) is 48.0 Å². The molecule has 0 amide bonds. The Labute approximate surface area is 183 Å². The van der Waals surface area contributed by atoms with Gasteiger partial charge in [0.25, 0.3) is 0 Å². The van der Waals surface area contributed by atoms with E-state index in [1.807, 2.05) is 0 Å². The highest BCUT2D eigenvalue weighted by atomic mass is 32.2. The van der Waals surface area contributed by atoms with Crippen molar-refractivity contribution in [2.75, 3.05) is 46.6 Å². The minimum Gasteiger partial charge on any atom is -0.496 e. The predicted molar refractivity (Wildman–Crippen MR) is 114 cm³/mol. The van der Waals surface area contributed by atoms with Crippen LogP contribution in [0.3, 0.4) is 0 Å². The fourth-order valence-electron chi connectivity index (χ4n) is 3.09. The van der Waals surface area contributed by atoms with Crippen molar-refractivity contribution < 1.29 is 31.0 Å². The monoisotopic (exact) mass is 470 g/mol. The topological polar surface area (TPSA) is 111 Å². The second kappa shape index (κ2) is 9.96. The van der Waals surface area contributed by atoms with Gasteiger partial charge in [0.2, 0.25) is 20.0 Å². The summed E-state index contributed by atoms with van der Waals surface area (Å²) in [5.74, 6) is 1.06. The smallest absolute Gasteiger partial charge is 0.243 e. The molecule has 0 atom stereocenters. The van der Waals surface area contributed by atoms with Gasteiger partial charge in [0, 0.05) is 19.6 Å². The first-order valence-electron chi connectivity index (χ1n) is 9.69. The third kappa shape index (κ3) is 5.74. The lowest BCUT2D eigenvalue weighted by molar-refractivity contribution is 0.0730. The molecule has 3 rings (SSSR count). The summed E-state index contributed by atoms with van der Waals surface area (Å²) in [5.41, 5.74) is 0.716. The Morgan fingerprint density at radius 3 is 2.26 bits per heavy atom. The molecule has 1 aliphatic rings. The molecule has 0 bridgehead atoms. The Balaban J connectivity index is 1.53. The fourth-order valence-corrected chi connectivity index (χ4v) is 5.60. The summed E-state index contributed by atoms with van der Waals surface area (Å²) in [6.45, 7) is 3.33. The molecule has 2 aromatic carbocycles. The molecule has 2 aromatic rings. The maximum atomic E-state index is 12.6. The standard InChI is InChI=1S/C20H26N2O7S2/c1-16-15-19(7-8-20(16)27-2)30(23,24)21-9-12-29-17-3-5-18(6-4-17)31(25,26)22-10-13-28-14-11-22/h3-8,15,21H,9-14H2,1-2H3. The zero-order valence-corrected chi connectivity index (χ0v) is 19.0. The molecular formula is C20H26N2O7S2. The summed E-state index contributed by atoms with van der Waals surface area (Å²) in [6.07, 6.45) is 0. The molecule has 0 saturated carbocycles. The van der Waals surface area contributed by atoms with E-state index in [-0.39, 0.29) is 22.9 Å². The summed E-state index contributed by atoms with van der Waals surface area (Å²) in [7, 11) is -5.72. The Kier molecular flexibility index (Phi) is 7.55. The van der Waals surface area contributed by atoms with Crippen LogP contribution in [0.25, 0.3) is 0 Å². The minimum atomic E-state index is -3.68. The lowest BCUT2D eigenvalue weighted by Crippen LogP contribution is -2.40. The number of morpholine rings is 1. The van der Waals surface area contributed by atoms with Crippen LogP contribution in [0.1, 0.15) is 5.56 Å². The summed E-state index contributed by atoms with van der Waals surface area (Å²) >= 11 is 0. The second-order valence-electron chi connectivity index (χ2n) is 6.87. The molecule has 1 N–H and O–H groups in total. The normalized spacial score (nSPS) is 15.5. The largest absolute Gasteiger partial charge is 0.496 e. The van der Waals surface area contributed by atoms with Gasteiger partial charge in [-0.25, -0.2) is 21.6 Å². The highest BCUT2D eigenvalue weighted by Gasteiger charge is 2.26. The first-order valence-corrected chi connectivity index (χ1v) is 12.6. The van der Waals surface area contributed by atoms with Crippen LogP contribution in [-0.4, -0.2) is 67.7 Å². The van der Waals surface area contributed by atoms with Gasteiger partial charge in [0.1, 0.15) is 18.1 Å². The molecule has 0 spiro atoms. The van der Waals surface area contributed by atoms with E-state index in [2.05, 4.69) is 4.72 Å². The van der Waals surface area contributed by atoms with Crippen molar-refractivity contribution in [2.45, 2.75) is 16.7 Å². The number of hydrogen-bond donors (Lipinski definition) is 1. The van der Waals surface area contributed by atoms with Crippen molar-refractivity contribution >= 4 is 20.0 Å². The summed E-state index contributed by atoms with van der Waals surface area (Å²) < 4.78 is 69.8. The van der Waals surface area contributed by atoms with Gasteiger partial charge in [-0.1, -0.05) is 0 Å².